The summed E-state index contributed by atoms with van der Waals surface area (Å²) in [6.45, 7) is 12.7. The SMILES string of the molecule is CCOCCN1CCN([C@H](C)C(=O)NCC2CCCCC2)C[C@H]1C. The van der Waals surface area contributed by atoms with E-state index in [4.69, 9.17) is 4.74 Å². The summed E-state index contributed by atoms with van der Waals surface area (Å²) in [5, 5.41) is 3.20. The minimum atomic E-state index is -0.0231. The molecule has 2 atom stereocenters. The van der Waals surface area contributed by atoms with E-state index in [0.717, 1.165) is 45.9 Å². The van der Waals surface area contributed by atoms with Crippen molar-refractivity contribution in [3.05, 3.63) is 0 Å². The van der Waals surface area contributed by atoms with Gasteiger partial charge in [0.05, 0.1) is 12.6 Å². The molecule has 0 radical (unpaired) electrons. The maximum absolute atomic E-state index is 12.5. The Morgan fingerprint density at radius 2 is 2.00 bits per heavy atom. The van der Waals surface area contributed by atoms with Gasteiger partial charge in [-0.25, -0.2) is 0 Å². The van der Waals surface area contributed by atoms with E-state index >= 15 is 0 Å². The van der Waals surface area contributed by atoms with Crippen molar-refractivity contribution in [3.8, 4) is 0 Å². The van der Waals surface area contributed by atoms with Crippen LogP contribution in [-0.2, 0) is 9.53 Å². The molecular formula is C19H37N3O2. The second-order valence-corrected chi connectivity index (χ2v) is 7.50. The van der Waals surface area contributed by atoms with E-state index in [1.165, 1.54) is 32.1 Å². The Morgan fingerprint density at radius 3 is 2.67 bits per heavy atom. The summed E-state index contributed by atoms with van der Waals surface area (Å²) in [6.07, 6.45) is 6.59. The Balaban J connectivity index is 1.70. The van der Waals surface area contributed by atoms with Gasteiger partial charge in [0.1, 0.15) is 0 Å². The third-order valence-corrected chi connectivity index (χ3v) is 5.74. The quantitative estimate of drug-likeness (QED) is 0.688. The highest BCUT2D eigenvalue weighted by atomic mass is 16.5. The van der Waals surface area contributed by atoms with Crippen molar-refractivity contribution >= 4 is 5.91 Å². The highest BCUT2D eigenvalue weighted by Crippen LogP contribution is 2.22. The van der Waals surface area contributed by atoms with Crippen LogP contribution in [0.2, 0.25) is 0 Å². The fourth-order valence-electron chi connectivity index (χ4n) is 3.98. The molecule has 2 aliphatic rings. The van der Waals surface area contributed by atoms with E-state index in [-0.39, 0.29) is 11.9 Å². The van der Waals surface area contributed by atoms with Crippen LogP contribution in [0.15, 0.2) is 0 Å². The van der Waals surface area contributed by atoms with E-state index in [1.54, 1.807) is 0 Å². The Kier molecular flexibility index (Phi) is 8.50. The molecule has 140 valence electrons. The first-order valence-electron chi connectivity index (χ1n) is 9.95. The molecule has 0 bridgehead atoms. The molecular weight excluding hydrogens is 302 g/mol. The molecule has 1 aliphatic heterocycles. The predicted octanol–water partition coefficient (Wildman–Crippen LogP) is 2.11. The molecule has 1 saturated heterocycles. The second kappa shape index (κ2) is 10.4. The summed E-state index contributed by atoms with van der Waals surface area (Å²) in [4.78, 5) is 17.3. The average molecular weight is 340 g/mol. The number of nitrogens with one attached hydrogen (secondary N) is 1. The maximum atomic E-state index is 12.5. The molecule has 5 heteroatoms. The molecule has 1 aliphatic carbocycles. The molecule has 0 aromatic rings. The van der Waals surface area contributed by atoms with Gasteiger partial charge in [0.15, 0.2) is 0 Å². The summed E-state index contributed by atoms with van der Waals surface area (Å²) in [6, 6.07) is 0.456. The first-order chi connectivity index (χ1) is 11.6. The van der Waals surface area contributed by atoms with E-state index < -0.39 is 0 Å². The third kappa shape index (κ3) is 6.01. The van der Waals surface area contributed by atoms with Crippen molar-refractivity contribution in [1.29, 1.82) is 0 Å². The number of hydrogen-bond donors (Lipinski definition) is 1. The van der Waals surface area contributed by atoms with Crippen molar-refractivity contribution in [1.82, 2.24) is 15.1 Å². The smallest absolute Gasteiger partial charge is 0.237 e. The largest absolute Gasteiger partial charge is 0.380 e. The van der Waals surface area contributed by atoms with Crippen LogP contribution in [0.4, 0.5) is 0 Å². The van der Waals surface area contributed by atoms with Gasteiger partial charge in [-0.2, -0.15) is 0 Å². The first kappa shape index (κ1) is 19.7. The number of amides is 1. The summed E-state index contributed by atoms with van der Waals surface area (Å²) in [5.74, 6) is 0.903. The molecule has 5 nitrogen and oxygen atoms in total. The van der Waals surface area contributed by atoms with Crippen molar-refractivity contribution in [2.24, 2.45) is 5.92 Å². The topological polar surface area (TPSA) is 44.8 Å². The normalized spacial score (nSPS) is 25.5. The average Bonchev–Trinajstić information content (AvgIpc) is 2.61. The summed E-state index contributed by atoms with van der Waals surface area (Å²) < 4.78 is 5.47. The van der Waals surface area contributed by atoms with Crippen LogP contribution in [0, 0.1) is 5.92 Å². The van der Waals surface area contributed by atoms with Crippen LogP contribution in [0.25, 0.3) is 0 Å². The van der Waals surface area contributed by atoms with Crippen LogP contribution < -0.4 is 5.32 Å². The minimum Gasteiger partial charge on any atom is -0.380 e. The summed E-state index contributed by atoms with van der Waals surface area (Å²) in [7, 11) is 0. The van der Waals surface area contributed by atoms with E-state index in [0.29, 0.717) is 12.0 Å². The lowest BCUT2D eigenvalue weighted by Crippen LogP contribution is -2.57. The Hall–Kier alpha value is -0.650. The zero-order valence-corrected chi connectivity index (χ0v) is 15.9. The van der Waals surface area contributed by atoms with Gasteiger partial charge in [-0.15, -0.1) is 0 Å². The van der Waals surface area contributed by atoms with Crippen LogP contribution in [0.5, 0.6) is 0 Å². The van der Waals surface area contributed by atoms with E-state index in [9.17, 15) is 4.79 Å². The zero-order valence-electron chi connectivity index (χ0n) is 15.9. The van der Waals surface area contributed by atoms with E-state index in [1.807, 2.05) is 6.92 Å². The first-order valence-corrected chi connectivity index (χ1v) is 9.95. The van der Waals surface area contributed by atoms with E-state index in [2.05, 4.69) is 29.0 Å². The number of carbonyl (C=O) groups excluding carboxylic acids is 1. The molecule has 2 rings (SSSR count). The molecule has 0 aromatic carbocycles. The van der Waals surface area contributed by atoms with Crippen LogP contribution >= 0.6 is 0 Å². The number of carbonyl (C=O) groups is 1. The summed E-state index contributed by atoms with van der Waals surface area (Å²) >= 11 is 0. The monoisotopic (exact) mass is 339 g/mol. The molecule has 0 spiro atoms. The maximum Gasteiger partial charge on any atom is 0.237 e. The molecule has 0 unspecified atom stereocenters. The van der Waals surface area contributed by atoms with Gasteiger partial charge >= 0.3 is 0 Å². The van der Waals surface area contributed by atoms with Gasteiger partial charge in [-0.1, -0.05) is 19.3 Å². The number of ether oxygens (including phenoxy) is 1. The molecule has 2 fully saturated rings. The fourth-order valence-corrected chi connectivity index (χ4v) is 3.98. The molecule has 0 aromatic heterocycles. The van der Waals surface area contributed by atoms with Crippen LogP contribution in [0.3, 0.4) is 0 Å². The molecule has 24 heavy (non-hydrogen) atoms. The lowest BCUT2D eigenvalue weighted by molar-refractivity contribution is -0.127. The van der Waals surface area contributed by atoms with Gasteiger partial charge < -0.3 is 10.1 Å². The number of rotatable bonds is 8. The highest BCUT2D eigenvalue weighted by molar-refractivity contribution is 5.81. The Bertz CT molecular complexity index is 372. The number of hydrogen-bond acceptors (Lipinski definition) is 4. The highest BCUT2D eigenvalue weighted by Gasteiger charge is 2.29. The van der Waals surface area contributed by atoms with Crippen molar-refractivity contribution in [2.45, 2.75) is 65.0 Å². The zero-order chi connectivity index (χ0) is 17.4. The minimum absolute atomic E-state index is 0.0231. The van der Waals surface area contributed by atoms with Gasteiger partial charge in [-0.05, 0) is 39.5 Å². The number of piperazine rings is 1. The van der Waals surface area contributed by atoms with Crippen molar-refractivity contribution < 1.29 is 9.53 Å². The lowest BCUT2D eigenvalue weighted by atomic mass is 9.89. The fraction of sp³-hybridized carbons (Fsp3) is 0.947. The van der Waals surface area contributed by atoms with Gasteiger partial charge in [0.25, 0.3) is 0 Å². The standard InChI is InChI=1S/C19H37N3O2/c1-4-24-13-12-21-10-11-22(15-16(21)2)17(3)19(23)20-14-18-8-6-5-7-9-18/h16-18H,4-15H2,1-3H3,(H,20,23)/t16-,17-/m1/s1. The Labute approximate surface area is 148 Å². The van der Waals surface area contributed by atoms with Crippen LogP contribution in [-0.4, -0.2) is 73.7 Å². The second-order valence-electron chi connectivity index (χ2n) is 7.50. The summed E-state index contributed by atoms with van der Waals surface area (Å²) in [5.41, 5.74) is 0. The molecule has 1 saturated carbocycles. The van der Waals surface area contributed by atoms with Crippen molar-refractivity contribution in [2.75, 3.05) is 45.9 Å². The molecule has 1 heterocycles. The molecule has 1 N–H and O–H groups in total. The predicted molar refractivity (Wildman–Crippen MR) is 98.1 cm³/mol. The Morgan fingerprint density at radius 1 is 1.25 bits per heavy atom. The number of nitrogens with zero attached hydrogens (tertiary/aromatic N) is 2. The third-order valence-electron chi connectivity index (χ3n) is 5.74. The van der Waals surface area contributed by atoms with Crippen molar-refractivity contribution in [3.63, 3.8) is 0 Å². The van der Waals surface area contributed by atoms with Gasteiger partial charge in [0.2, 0.25) is 5.91 Å². The van der Waals surface area contributed by atoms with Gasteiger partial charge in [0, 0.05) is 45.4 Å². The lowest BCUT2D eigenvalue weighted by Gasteiger charge is -2.42. The van der Waals surface area contributed by atoms with Gasteiger partial charge in [-0.3, -0.25) is 14.6 Å². The van der Waals surface area contributed by atoms with Crippen LogP contribution in [0.1, 0.15) is 52.9 Å². The molecule has 1 amide bonds.